The Labute approximate surface area is 154 Å². The summed E-state index contributed by atoms with van der Waals surface area (Å²) in [5.74, 6) is 1.04. The molecule has 0 saturated heterocycles. The van der Waals surface area contributed by atoms with Gasteiger partial charge < -0.3 is 10.4 Å². The van der Waals surface area contributed by atoms with Crippen LogP contribution < -0.4 is 15.9 Å². The molecule has 0 amide bonds. The Morgan fingerprint density at radius 3 is 2.42 bits per heavy atom. The van der Waals surface area contributed by atoms with Crippen LogP contribution in [-0.4, -0.2) is 16.1 Å². The molecule has 0 spiro atoms. The van der Waals surface area contributed by atoms with Crippen molar-refractivity contribution in [2.24, 2.45) is 16.9 Å². The fraction of sp³-hybridized carbons (Fsp3) is 0.611. The molecule has 3 unspecified atom stereocenters. The number of nitrogens with zero attached hydrogens (tertiary/aromatic N) is 1. The van der Waals surface area contributed by atoms with Crippen molar-refractivity contribution in [3.8, 4) is 0 Å². The van der Waals surface area contributed by atoms with Crippen LogP contribution in [0.2, 0.25) is 0 Å². The number of anilines is 1. The minimum absolute atomic E-state index is 0.0544. The van der Waals surface area contributed by atoms with Gasteiger partial charge >= 0.3 is 0 Å². The van der Waals surface area contributed by atoms with E-state index in [9.17, 15) is 15.6 Å². The molecule has 0 aromatic heterocycles. The standard InChI is InChI=1S/C18H30N4O4/c1-3-15(13-8-6-5-7-9-13)16(4-2)19-20-17-11-10-14(21(23)24)12-18(17)22(25)26/h10-13,15,20-23,25H,3-9H2,1-2H3. The van der Waals surface area contributed by atoms with Gasteiger partial charge in [0.25, 0.3) is 0 Å². The molecule has 1 aromatic carbocycles. The van der Waals surface area contributed by atoms with Gasteiger partial charge in [0.15, 0.2) is 11.4 Å². The van der Waals surface area contributed by atoms with Crippen molar-refractivity contribution < 1.29 is 20.9 Å². The van der Waals surface area contributed by atoms with E-state index in [4.69, 9.17) is 5.21 Å². The third-order valence-corrected chi connectivity index (χ3v) is 5.27. The summed E-state index contributed by atoms with van der Waals surface area (Å²) in [4.78, 5) is 0. The maximum atomic E-state index is 11.5. The van der Waals surface area contributed by atoms with E-state index in [1.54, 1.807) is 0 Å². The molecule has 0 bridgehead atoms. The SMILES string of the molecule is CCC(=NNc1ccc([NH+]([O-])O)cc1[NH+]([O-])O)C(CC)C1CCCCC1. The maximum Gasteiger partial charge on any atom is 0.195 e. The van der Waals surface area contributed by atoms with Crippen LogP contribution in [-0.2, 0) is 0 Å². The largest absolute Gasteiger partial charge is 0.595 e. The lowest BCUT2D eigenvalue weighted by atomic mass is 9.76. The Kier molecular flexibility index (Phi) is 7.95. The van der Waals surface area contributed by atoms with E-state index in [0.717, 1.165) is 24.6 Å². The maximum absolute atomic E-state index is 11.5. The topological polar surface area (TPSA) is 120 Å². The average Bonchev–Trinajstić information content (AvgIpc) is 2.65. The summed E-state index contributed by atoms with van der Waals surface area (Å²) in [7, 11) is 0. The average molecular weight is 366 g/mol. The molecule has 26 heavy (non-hydrogen) atoms. The number of benzene rings is 1. The fourth-order valence-electron chi connectivity index (χ4n) is 3.89. The second-order valence-corrected chi connectivity index (χ2v) is 6.85. The summed E-state index contributed by atoms with van der Waals surface area (Å²) in [6, 6.07) is 4.01. The number of hydrogen-bond donors (Lipinski definition) is 5. The van der Waals surface area contributed by atoms with Gasteiger partial charge in [-0.05, 0) is 37.7 Å². The number of hydrogen-bond acceptors (Lipinski definition) is 6. The van der Waals surface area contributed by atoms with E-state index >= 15 is 0 Å². The van der Waals surface area contributed by atoms with Crippen molar-refractivity contribution in [1.82, 2.24) is 0 Å². The molecule has 8 heteroatoms. The minimum atomic E-state index is -1.18. The predicted octanol–water partition coefficient (Wildman–Crippen LogP) is 2.28. The molecule has 146 valence electrons. The monoisotopic (exact) mass is 366 g/mol. The zero-order chi connectivity index (χ0) is 19.1. The van der Waals surface area contributed by atoms with Crippen molar-refractivity contribution >= 4 is 22.8 Å². The van der Waals surface area contributed by atoms with Gasteiger partial charge in [0.2, 0.25) is 0 Å². The first-order valence-electron chi connectivity index (χ1n) is 9.41. The zero-order valence-electron chi connectivity index (χ0n) is 15.5. The summed E-state index contributed by atoms with van der Waals surface area (Å²) in [6.45, 7) is 4.24. The highest BCUT2D eigenvalue weighted by atomic mass is 16.8. The Balaban J connectivity index is 2.21. The van der Waals surface area contributed by atoms with E-state index in [0.29, 0.717) is 17.5 Å². The van der Waals surface area contributed by atoms with Gasteiger partial charge in [-0.25, -0.2) is 10.4 Å². The molecule has 2 rings (SSSR count). The molecule has 0 aliphatic heterocycles. The minimum Gasteiger partial charge on any atom is -0.595 e. The molecule has 5 N–H and O–H groups in total. The molecular formula is C18H30N4O4. The van der Waals surface area contributed by atoms with E-state index in [2.05, 4.69) is 24.4 Å². The molecule has 3 atom stereocenters. The van der Waals surface area contributed by atoms with E-state index < -0.39 is 10.5 Å². The van der Waals surface area contributed by atoms with Gasteiger partial charge in [-0.15, -0.1) is 0 Å². The van der Waals surface area contributed by atoms with Gasteiger partial charge in [-0.1, -0.05) is 33.1 Å². The van der Waals surface area contributed by atoms with Crippen LogP contribution in [0.3, 0.4) is 0 Å². The van der Waals surface area contributed by atoms with E-state index in [-0.39, 0.29) is 11.4 Å². The summed E-state index contributed by atoms with van der Waals surface area (Å²) in [5.41, 5.74) is 4.10. The number of rotatable bonds is 8. The lowest BCUT2D eigenvalue weighted by molar-refractivity contribution is -0.996. The van der Waals surface area contributed by atoms with Crippen LogP contribution in [0.4, 0.5) is 17.1 Å². The van der Waals surface area contributed by atoms with Crippen LogP contribution in [0, 0.1) is 22.3 Å². The van der Waals surface area contributed by atoms with E-state index in [1.807, 2.05) is 0 Å². The van der Waals surface area contributed by atoms with Crippen molar-refractivity contribution in [2.75, 3.05) is 5.43 Å². The van der Waals surface area contributed by atoms with Crippen molar-refractivity contribution in [2.45, 2.75) is 58.8 Å². The van der Waals surface area contributed by atoms with Crippen LogP contribution in [0.5, 0.6) is 0 Å². The molecule has 1 saturated carbocycles. The smallest absolute Gasteiger partial charge is 0.195 e. The highest BCUT2D eigenvalue weighted by Crippen LogP contribution is 2.33. The fourth-order valence-corrected chi connectivity index (χ4v) is 3.89. The zero-order valence-corrected chi connectivity index (χ0v) is 15.5. The molecule has 1 aromatic rings. The third kappa shape index (κ3) is 5.23. The van der Waals surface area contributed by atoms with Crippen LogP contribution in [0.25, 0.3) is 0 Å². The molecule has 8 nitrogen and oxygen atoms in total. The summed E-state index contributed by atoms with van der Waals surface area (Å²) in [5, 5.41) is 43.1. The van der Waals surface area contributed by atoms with Crippen LogP contribution in [0.1, 0.15) is 58.8 Å². The van der Waals surface area contributed by atoms with Gasteiger partial charge in [0.05, 0.1) is 6.07 Å². The second-order valence-electron chi connectivity index (χ2n) is 6.85. The lowest BCUT2D eigenvalue weighted by Gasteiger charge is -2.30. The lowest BCUT2D eigenvalue weighted by Crippen LogP contribution is -3.00. The third-order valence-electron chi connectivity index (χ3n) is 5.27. The Hall–Kier alpha value is -1.55. The molecule has 1 aliphatic rings. The Morgan fingerprint density at radius 2 is 1.88 bits per heavy atom. The predicted molar refractivity (Wildman–Crippen MR) is 99.7 cm³/mol. The summed E-state index contributed by atoms with van der Waals surface area (Å²) in [6.07, 6.45) is 8.12. The summed E-state index contributed by atoms with van der Waals surface area (Å²) >= 11 is 0. The normalized spacial score (nSPS) is 19.8. The Morgan fingerprint density at radius 1 is 1.19 bits per heavy atom. The number of nitrogens with one attached hydrogen (secondary N) is 3. The van der Waals surface area contributed by atoms with E-state index in [1.165, 1.54) is 44.2 Å². The Bertz CT molecular complexity index is 601. The van der Waals surface area contributed by atoms with Crippen LogP contribution >= 0.6 is 0 Å². The highest BCUT2D eigenvalue weighted by Gasteiger charge is 2.26. The van der Waals surface area contributed by atoms with Gasteiger partial charge in [-0.2, -0.15) is 15.6 Å². The first-order chi connectivity index (χ1) is 12.5. The quantitative estimate of drug-likeness (QED) is 0.357. The van der Waals surface area contributed by atoms with Crippen LogP contribution in [0.15, 0.2) is 23.3 Å². The van der Waals surface area contributed by atoms with Crippen molar-refractivity contribution in [3.05, 3.63) is 28.6 Å². The van der Waals surface area contributed by atoms with Crippen molar-refractivity contribution in [1.29, 1.82) is 0 Å². The molecular weight excluding hydrogens is 336 g/mol. The van der Waals surface area contributed by atoms with Crippen molar-refractivity contribution in [3.63, 3.8) is 0 Å². The molecule has 0 heterocycles. The van der Waals surface area contributed by atoms with Gasteiger partial charge in [-0.3, -0.25) is 5.43 Å². The molecule has 1 aliphatic carbocycles. The highest BCUT2D eigenvalue weighted by molar-refractivity contribution is 5.87. The molecule has 1 fully saturated rings. The second kappa shape index (κ2) is 9.96. The summed E-state index contributed by atoms with van der Waals surface area (Å²) < 4.78 is 0. The first kappa shape index (κ1) is 20.8. The number of hydrazone groups is 1. The molecule has 0 radical (unpaired) electrons. The first-order valence-corrected chi connectivity index (χ1v) is 9.41. The van der Waals surface area contributed by atoms with Gasteiger partial charge in [0, 0.05) is 17.7 Å². The number of quaternary nitrogens is 2. The van der Waals surface area contributed by atoms with Gasteiger partial charge in [0.1, 0.15) is 5.69 Å².